The monoisotopic (exact) mass is 292 g/mol. The quantitative estimate of drug-likeness (QED) is 0.834. The molecule has 1 heterocycles. The molecule has 2 aromatic rings. The molecule has 0 aliphatic carbocycles. The Morgan fingerprint density at radius 3 is 2.25 bits per heavy atom. The molecule has 0 aliphatic rings. The number of hydrogen-bond acceptors (Lipinski definition) is 5. The average molecular weight is 292 g/mol. The van der Waals surface area contributed by atoms with Gasteiger partial charge < -0.3 is 10.6 Å². The number of rotatable bonds is 4. The summed E-state index contributed by atoms with van der Waals surface area (Å²) in [5.41, 5.74) is 6.46. The van der Waals surface area contributed by atoms with E-state index < -0.39 is 10.0 Å². The first-order valence-corrected chi connectivity index (χ1v) is 7.38. The van der Waals surface area contributed by atoms with E-state index in [9.17, 15) is 8.42 Å². The Labute approximate surface area is 118 Å². The van der Waals surface area contributed by atoms with Crippen LogP contribution in [0.25, 0.3) is 0 Å². The van der Waals surface area contributed by atoms with E-state index in [1.54, 1.807) is 24.3 Å². The average Bonchev–Trinajstić information content (AvgIpc) is 2.39. The summed E-state index contributed by atoms with van der Waals surface area (Å²) in [5, 5.41) is 0. The molecule has 106 valence electrons. The van der Waals surface area contributed by atoms with Gasteiger partial charge in [-0.3, -0.25) is 4.72 Å². The van der Waals surface area contributed by atoms with Gasteiger partial charge in [-0.15, -0.1) is 0 Å². The van der Waals surface area contributed by atoms with Crippen molar-refractivity contribution < 1.29 is 8.42 Å². The van der Waals surface area contributed by atoms with Gasteiger partial charge in [0.2, 0.25) is 0 Å². The molecular weight excluding hydrogens is 276 g/mol. The zero-order chi connectivity index (χ0) is 14.8. The number of nitrogen functional groups attached to an aromatic ring is 1. The second-order valence-corrected chi connectivity index (χ2v) is 6.16. The number of nitrogens with zero attached hydrogens (tertiary/aromatic N) is 2. The maximum Gasteiger partial charge on any atom is 0.261 e. The van der Waals surface area contributed by atoms with Gasteiger partial charge in [0.05, 0.1) is 16.8 Å². The first kappa shape index (κ1) is 14.1. The van der Waals surface area contributed by atoms with E-state index in [4.69, 9.17) is 5.73 Å². The molecule has 0 radical (unpaired) electrons. The Hall–Kier alpha value is -2.28. The fourth-order valence-electron chi connectivity index (χ4n) is 1.57. The minimum atomic E-state index is -3.62. The van der Waals surface area contributed by atoms with E-state index in [0.717, 1.165) is 5.82 Å². The lowest BCUT2D eigenvalue weighted by Crippen LogP contribution is -2.14. The van der Waals surface area contributed by atoms with Crippen LogP contribution in [0, 0.1) is 0 Å². The smallest absolute Gasteiger partial charge is 0.261 e. The number of sulfonamides is 1. The third-order valence-corrected chi connectivity index (χ3v) is 4.05. The standard InChI is InChI=1S/C13H16N4O2S/c1-17(2)13-8-5-11(9-15-13)16-20(18,19)12-6-3-10(14)4-7-12/h3-9,16H,14H2,1-2H3. The molecule has 1 aromatic carbocycles. The summed E-state index contributed by atoms with van der Waals surface area (Å²) < 4.78 is 26.8. The van der Waals surface area contributed by atoms with Gasteiger partial charge in [-0.1, -0.05) is 0 Å². The summed E-state index contributed by atoms with van der Waals surface area (Å²) in [4.78, 5) is 6.14. The number of aromatic nitrogens is 1. The van der Waals surface area contributed by atoms with Gasteiger partial charge >= 0.3 is 0 Å². The molecule has 0 spiro atoms. The second-order valence-electron chi connectivity index (χ2n) is 4.47. The first-order valence-electron chi connectivity index (χ1n) is 5.90. The second kappa shape index (κ2) is 5.38. The van der Waals surface area contributed by atoms with Crippen LogP contribution < -0.4 is 15.4 Å². The summed E-state index contributed by atoms with van der Waals surface area (Å²) in [6, 6.07) is 9.40. The number of benzene rings is 1. The number of nitrogens with two attached hydrogens (primary N) is 1. The summed E-state index contributed by atoms with van der Waals surface area (Å²) in [5.74, 6) is 0.750. The van der Waals surface area contributed by atoms with Crippen LogP contribution in [0.2, 0.25) is 0 Å². The third kappa shape index (κ3) is 3.18. The number of anilines is 3. The molecular formula is C13H16N4O2S. The molecule has 1 aromatic heterocycles. The van der Waals surface area contributed by atoms with Crippen molar-refractivity contribution in [3.63, 3.8) is 0 Å². The highest BCUT2D eigenvalue weighted by molar-refractivity contribution is 7.92. The van der Waals surface area contributed by atoms with Crippen molar-refractivity contribution >= 4 is 27.2 Å². The van der Waals surface area contributed by atoms with Gasteiger partial charge in [0.25, 0.3) is 10.0 Å². The third-order valence-electron chi connectivity index (χ3n) is 2.65. The van der Waals surface area contributed by atoms with Gasteiger partial charge in [-0.2, -0.15) is 0 Å². The maximum absolute atomic E-state index is 12.1. The lowest BCUT2D eigenvalue weighted by Gasteiger charge is -2.12. The van der Waals surface area contributed by atoms with Crippen molar-refractivity contribution in [1.29, 1.82) is 0 Å². The fourth-order valence-corrected chi connectivity index (χ4v) is 2.62. The van der Waals surface area contributed by atoms with Gasteiger partial charge in [0.1, 0.15) is 5.82 Å². The van der Waals surface area contributed by atoms with E-state index in [1.807, 2.05) is 19.0 Å². The molecule has 0 saturated heterocycles. The highest BCUT2D eigenvalue weighted by atomic mass is 32.2. The van der Waals surface area contributed by atoms with Crippen molar-refractivity contribution in [2.75, 3.05) is 29.5 Å². The Bertz CT molecular complexity index is 679. The van der Waals surface area contributed by atoms with E-state index in [0.29, 0.717) is 11.4 Å². The lowest BCUT2D eigenvalue weighted by molar-refractivity contribution is 0.601. The summed E-state index contributed by atoms with van der Waals surface area (Å²) in [7, 11) is 0.101. The Morgan fingerprint density at radius 2 is 1.75 bits per heavy atom. The SMILES string of the molecule is CN(C)c1ccc(NS(=O)(=O)c2ccc(N)cc2)cn1. The highest BCUT2D eigenvalue weighted by Gasteiger charge is 2.14. The Kier molecular flexibility index (Phi) is 3.80. The molecule has 0 atom stereocenters. The minimum absolute atomic E-state index is 0.156. The fraction of sp³-hybridized carbons (Fsp3) is 0.154. The molecule has 0 amide bonds. The highest BCUT2D eigenvalue weighted by Crippen LogP contribution is 2.18. The maximum atomic E-state index is 12.1. The molecule has 20 heavy (non-hydrogen) atoms. The zero-order valence-electron chi connectivity index (χ0n) is 11.2. The van der Waals surface area contributed by atoms with Crippen molar-refractivity contribution in [3.8, 4) is 0 Å². The van der Waals surface area contributed by atoms with Gasteiger partial charge in [-0.05, 0) is 36.4 Å². The van der Waals surface area contributed by atoms with Crippen molar-refractivity contribution in [2.24, 2.45) is 0 Å². The van der Waals surface area contributed by atoms with Crippen LogP contribution in [-0.4, -0.2) is 27.5 Å². The van der Waals surface area contributed by atoms with E-state index in [2.05, 4.69) is 9.71 Å². The van der Waals surface area contributed by atoms with Crippen LogP contribution in [0.5, 0.6) is 0 Å². The number of hydrogen-bond donors (Lipinski definition) is 2. The van der Waals surface area contributed by atoms with Gasteiger partial charge in [0, 0.05) is 19.8 Å². The molecule has 0 unspecified atom stereocenters. The molecule has 2 rings (SSSR count). The largest absolute Gasteiger partial charge is 0.399 e. The molecule has 6 nitrogen and oxygen atoms in total. The molecule has 0 fully saturated rings. The van der Waals surface area contributed by atoms with Crippen molar-refractivity contribution in [2.45, 2.75) is 4.90 Å². The predicted octanol–water partition coefficient (Wildman–Crippen LogP) is 1.53. The first-order chi connectivity index (χ1) is 9.38. The van der Waals surface area contributed by atoms with Crippen LogP contribution in [0.1, 0.15) is 0 Å². The predicted molar refractivity (Wildman–Crippen MR) is 80.2 cm³/mol. The van der Waals surface area contributed by atoms with E-state index >= 15 is 0 Å². The molecule has 7 heteroatoms. The van der Waals surface area contributed by atoms with Crippen molar-refractivity contribution in [3.05, 3.63) is 42.6 Å². The zero-order valence-corrected chi connectivity index (χ0v) is 12.1. The van der Waals surface area contributed by atoms with E-state index in [1.165, 1.54) is 18.3 Å². The van der Waals surface area contributed by atoms with Gasteiger partial charge in [0.15, 0.2) is 0 Å². The normalized spacial score (nSPS) is 11.1. The van der Waals surface area contributed by atoms with Crippen LogP contribution in [-0.2, 0) is 10.0 Å². The molecule has 0 saturated carbocycles. The molecule has 3 N–H and O–H groups in total. The Morgan fingerprint density at radius 1 is 1.10 bits per heavy atom. The number of pyridine rings is 1. The molecule has 0 bridgehead atoms. The van der Waals surface area contributed by atoms with E-state index in [-0.39, 0.29) is 4.90 Å². The van der Waals surface area contributed by atoms with Gasteiger partial charge in [-0.25, -0.2) is 13.4 Å². The lowest BCUT2D eigenvalue weighted by atomic mass is 10.3. The summed E-state index contributed by atoms with van der Waals surface area (Å²) >= 11 is 0. The number of nitrogens with one attached hydrogen (secondary N) is 1. The topological polar surface area (TPSA) is 88.3 Å². The summed E-state index contributed by atoms with van der Waals surface area (Å²) in [6.45, 7) is 0. The van der Waals surface area contributed by atoms with Crippen LogP contribution in [0.15, 0.2) is 47.5 Å². The van der Waals surface area contributed by atoms with Crippen molar-refractivity contribution in [1.82, 2.24) is 4.98 Å². The molecule has 0 aliphatic heterocycles. The van der Waals surface area contributed by atoms with Crippen LogP contribution in [0.3, 0.4) is 0 Å². The van der Waals surface area contributed by atoms with Crippen LogP contribution in [0.4, 0.5) is 17.2 Å². The summed E-state index contributed by atoms with van der Waals surface area (Å²) in [6.07, 6.45) is 1.48. The Balaban J connectivity index is 2.22. The minimum Gasteiger partial charge on any atom is -0.399 e. The van der Waals surface area contributed by atoms with Crippen LogP contribution >= 0.6 is 0 Å².